The second-order valence-corrected chi connectivity index (χ2v) is 6.27. The third-order valence-electron chi connectivity index (χ3n) is 3.94. The highest BCUT2D eigenvalue weighted by Crippen LogP contribution is 2.13. The van der Waals surface area contributed by atoms with E-state index in [4.69, 9.17) is 0 Å². The van der Waals surface area contributed by atoms with Gasteiger partial charge in [-0.1, -0.05) is 43.3 Å². The van der Waals surface area contributed by atoms with Crippen LogP contribution in [0.4, 0.5) is 5.82 Å². The smallest absolute Gasteiger partial charge is 0.191 e. The second-order valence-electron chi connectivity index (χ2n) is 6.27. The van der Waals surface area contributed by atoms with Gasteiger partial charge < -0.3 is 15.5 Å². The van der Waals surface area contributed by atoms with Gasteiger partial charge in [0, 0.05) is 27.2 Å². The van der Waals surface area contributed by atoms with E-state index in [-0.39, 0.29) is 24.0 Å². The van der Waals surface area contributed by atoms with Crippen LogP contribution in [0, 0.1) is 0 Å². The molecule has 0 saturated carbocycles. The molecule has 0 aliphatic heterocycles. The van der Waals surface area contributed by atoms with Crippen molar-refractivity contribution in [2.24, 2.45) is 4.99 Å². The van der Waals surface area contributed by atoms with Crippen molar-refractivity contribution in [3.63, 3.8) is 0 Å². The number of nitrogens with one attached hydrogen (secondary N) is 2. The van der Waals surface area contributed by atoms with Crippen LogP contribution in [-0.2, 0) is 6.54 Å². The van der Waals surface area contributed by atoms with Crippen molar-refractivity contribution in [2.75, 3.05) is 32.1 Å². The predicted octanol–water partition coefficient (Wildman–Crippen LogP) is 3.62. The standard InChI is InChI=1S/C20H29N5.HI/c1-5-21-20(22-14-16(2)17-10-7-6-8-11-17)23-15-18-12-9-13-19(24-18)25(3)4;/h6-13,16H,5,14-15H2,1-4H3,(H2,21,22,23);1H. The monoisotopic (exact) mass is 467 g/mol. The van der Waals surface area contributed by atoms with E-state index < -0.39 is 0 Å². The number of rotatable bonds is 7. The van der Waals surface area contributed by atoms with Gasteiger partial charge in [0.1, 0.15) is 5.82 Å². The van der Waals surface area contributed by atoms with Crippen LogP contribution in [0.3, 0.4) is 0 Å². The number of guanidine groups is 1. The number of hydrogen-bond donors (Lipinski definition) is 2. The number of aromatic nitrogens is 1. The predicted molar refractivity (Wildman–Crippen MR) is 122 cm³/mol. The first-order valence-electron chi connectivity index (χ1n) is 8.80. The SMILES string of the molecule is CCNC(=NCc1cccc(N(C)C)n1)NCC(C)c1ccccc1.I. The molecule has 0 saturated heterocycles. The summed E-state index contributed by atoms with van der Waals surface area (Å²) in [6, 6.07) is 16.5. The van der Waals surface area contributed by atoms with E-state index in [1.807, 2.05) is 43.3 Å². The van der Waals surface area contributed by atoms with Crippen molar-refractivity contribution >= 4 is 35.8 Å². The van der Waals surface area contributed by atoms with Crippen LogP contribution in [0.15, 0.2) is 53.5 Å². The van der Waals surface area contributed by atoms with E-state index in [1.165, 1.54) is 5.56 Å². The van der Waals surface area contributed by atoms with Crippen molar-refractivity contribution in [2.45, 2.75) is 26.3 Å². The molecule has 2 N–H and O–H groups in total. The molecule has 2 aromatic rings. The Labute approximate surface area is 174 Å². The minimum Gasteiger partial charge on any atom is -0.363 e. The van der Waals surface area contributed by atoms with Crippen LogP contribution < -0.4 is 15.5 Å². The van der Waals surface area contributed by atoms with Crippen LogP contribution in [0.2, 0.25) is 0 Å². The molecule has 0 aliphatic carbocycles. The van der Waals surface area contributed by atoms with Crippen molar-refractivity contribution in [3.05, 3.63) is 59.8 Å². The summed E-state index contributed by atoms with van der Waals surface area (Å²) in [6.07, 6.45) is 0. The maximum Gasteiger partial charge on any atom is 0.191 e. The number of hydrogen-bond acceptors (Lipinski definition) is 3. The van der Waals surface area contributed by atoms with Crippen molar-refractivity contribution in [1.29, 1.82) is 0 Å². The lowest BCUT2D eigenvalue weighted by Crippen LogP contribution is -2.39. The molecule has 0 aliphatic rings. The molecule has 1 unspecified atom stereocenters. The first-order chi connectivity index (χ1) is 12.1. The van der Waals surface area contributed by atoms with Gasteiger partial charge in [-0.05, 0) is 30.5 Å². The van der Waals surface area contributed by atoms with E-state index in [1.54, 1.807) is 0 Å². The van der Waals surface area contributed by atoms with Crippen LogP contribution in [0.25, 0.3) is 0 Å². The van der Waals surface area contributed by atoms with Gasteiger partial charge in [0.15, 0.2) is 5.96 Å². The molecule has 1 heterocycles. The Kier molecular flexibility index (Phi) is 10.0. The fraction of sp³-hybridized carbons (Fsp3) is 0.400. The summed E-state index contributed by atoms with van der Waals surface area (Å²) in [7, 11) is 3.98. The number of aliphatic imine (C=N–C) groups is 1. The molecule has 0 radical (unpaired) electrons. The van der Waals surface area contributed by atoms with E-state index in [9.17, 15) is 0 Å². The molecule has 0 bridgehead atoms. The van der Waals surface area contributed by atoms with Gasteiger partial charge in [-0.3, -0.25) is 0 Å². The summed E-state index contributed by atoms with van der Waals surface area (Å²) in [5, 5.41) is 6.72. The van der Waals surface area contributed by atoms with E-state index in [0.29, 0.717) is 12.5 Å². The fourth-order valence-electron chi connectivity index (χ4n) is 2.46. The van der Waals surface area contributed by atoms with Gasteiger partial charge in [-0.15, -0.1) is 24.0 Å². The Morgan fingerprint density at radius 2 is 1.81 bits per heavy atom. The highest BCUT2D eigenvalue weighted by molar-refractivity contribution is 14.0. The Morgan fingerprint density at radius 3 is 2.46 bits per heavy atom. The number of anilines is 1. The van der Waals surface area contributed by atoms with E-state index in [2.05, 4.69) is 58.7 Å². The summed E-state index contributed by atoms with van der Waals surface area (Å²) in [5.41, 5.74) is 2.28. The molecule has 2 rings (SSSR count). The highest BCUT2D eigenvalue weighted by atomic mass is 127. The summed E-state index contributed by atoms with van der Waals surface area (Å²) in [6.45, 7) is 6.51. The van der Waals surface area contributed by atoms with Crippen LogP contribution >= 0.6 is 24.0 Å². The minimum atomic E-state index is 0. The van der Waals surface area contributed by atoms with Gasteiger partial charge in [0.25, 0.3) is 0 Å². The van der Waals surface area contributed by atoms with Gasteiger partial charge in [0.05, 0.1) is 12.2 Å². The normalized spacial score (nSPS) is 12.1. The quantitative estimate of drug-likeness (QED) is 0.371. The van der Waals surface area contributed by atoms with E-state index in [0.717, 1.165) is 30.6 Å². The summed E-state index contributed by atoms with van der Waals surface area (Å²) in [4.78, 5) is 11.3. The zero-order valence-electron chi connectivity index (χ0n) is 16.1. The summed E-state index contributed by atoms with van der Waals surface area (Å²) < 4.78 is 0. The third kappa shape index (κ3) is 7.19. The first-order valence-corrected chi connectivity index (χ1v) is 8.80. The van der Waals surface area contributed by atoms with Crippen LogP contribution in [0.5, 0.6) is 0 Å². The molecular weight excluding hydrogens is 437 g/mol. The lowest BCUT2D eigenvalue weighted by atomic mass is 10.0. The van der Waals surface area contributed by atoms with Gasteiger partial charge in [-0.25, -0.2) is 9.98 Å². The molecule has 5 nitrogen and oxygen atoms in total. The average Bonchev–Trinajstić information content (AvgIpc) is 2.64. The maximum absolute atomic E-state index is 4.66. The zero-order chi connectivity index (χ0) is 18.1. The molecule has 0 fully saturated rings. The topological polar surface area (TPSA) is 52.6 Å². The van der Waals surface area contributed by atoms with E-state index >= 15 is 0 Å². The van der Waals surface area contributed by atoms with Crippen LogP contribution in [-0.4, -0.2) is 38.1 Å². The number of nitrogens with zero attached hydrogens (tertiary/aromatic N) is 3. The lowest BCUT2D eigenvalue weighted by Gasteiger charge is -2.16. The Hall–Kier alpha value is -1.83. The summed E-state index contributed by atoms with van der Waals surface area (Å²) >= 11 is 0. The zero-order valence-corrected chi connectivity index (χ0v) is 18.4. The third-order valence-corrected chi connectivity index (χ3v) is 3.94. The van der Waals surface area contributed by atoms with Gasteiger partial charge in [-0.2, -0.15) is 0 Å². The molecule has 1 aromatic carbocycles. The maximum atomic E-state index is 4.66. The molecular formula is C20H30IN5. The lowest BCUT2D eigenvalue weighted by molar-refractivity contribution is 0.699. The fourth-order valence-corrected chi connectivity index (χ4v) is 2.46. The van der Waals surface area contributed by atoms with Crippen LogP contribution in [0.1, 0.15) is 31.0 Å². The average molecular weight is 467 g/mol. The summed E-state index contributed by atoms with van der Waals surface area (Å²) in [5.74, 6) is 2.19. The molecule has 0 spiro atoms. The molecule has 142 valence electrons. The number of pyridine rings is 1. The van der Waals surface area contributed by atoms with Gasteiger partial charge in [0.2, 0.25) is 0 Å². The van der Waals surface area contributed by atoms with Crippen molar-refractivity contribution in [1.82, 2.24) is 15.6 Å². The Balaban J connectivity index is 0.00000338. The minimum absolute atomic E-state index is 0. The molecule has 1 aromatic heterocycles. The largest absolute Gasteiger partial charge is 0.363 e. The Morgan fingerprint density at radius 1 is 1.08 bits per heavy atom. The highest BCUT2D eigenvalue weighted by Gasteiger charge is 2.06. The number of halogens is 1. The Bertz CT molecular complexity index is 673. The molecule has 1 atom stereocenters. The van der Waals surface area contributed by atoms with Gasteiger partial charge >= 0.3 is 0 Å². The van der Waals surface area contributed by atoms with Crippen molar-refractivity contribution in [3.8, 4) is 0 Å². The van der Waals surface area contributed by atoms with Crippen molar-refractivity contribution < 1.29 is 0 Å². The molecule has 26 heavy (non-hydrogen) atoms. The number of benzene rings is 1. The second kappa shape index (κ2) is 11.7. The molecule has 0 amide bonds. The first kappa shape index (κ1) is 22.2. The molecule has 6 heteroatoms.